The highest BCUT2D eigenvalue weighted by molar-refractivity contribution is 7.00. The van der Waals surface area contributed by atoms with Gasteiger partial charge in [0.05, 0.1) is 5.52 Å². The summed E-state index contributed by atoms with van der Waals surface area (Å²) in [6.07, 6.45) is 5.76. The monoisotopic (exact) mass is 511 g/mol. The molecule has 0 N–H and O–H groups in total. The predicted octanol–water partition coefficient (Wildman–Crippen LogP) is 6.56. The summed E-state index contributed by atoms with van der Waals surface area (Å²) in [5.41, 5.74) is 10.7. The van der Waals surface area contributed by atoms with Crippen LogP contribution in [0.2, 0.25) is 0 Å². The molecule has 6 aliphatic rings. The van der Waals surface area contributed by atoms with Gasteiger partial charge in [-0.3, -0.25) is 0 Å². The highest BCUT2D eigenvalue weighted by Crippen LogP contribution is 2.92. The summed E-state index contributed by atoms with van der Waals surface area (Å²) < 4.78 is 9.59. The first-order chi connectivity index (χ1) is 19.8. The molecule has 4 fully saturated rings. The Morgan fingerprint density at radius 3 is 2.35 bits per heavy atom. The van der Waals surface area contributed by atoms with Crippen molar-refractivity contribution in [1.82, 2.24) is 4.57 Å². The van der Waals surface area contributed by atoms with Crippen LogP contribution >= 0.6 is 0 Å². The summed E-state index contributed by atoms with van der Waals surface area (Å²) in [5.74, 6) is 5.07. The first kappa shape index (κ1) is 20.0. The number of ether oxygens (including phenoxy) is 1. The van der Waals surface area contributed by atoms with Crippen molar-refractivity contribution in [3.8, 4) is 17.2 Å². The van der Waals surface area contributed by atoms with E-state index in [0.717, 1.165) is 29.3 Å². The molecule has 2 nitrogen and oxygen atoms in total. The van der Waals surface area contributed by atoms with Crippen molar-refractivity contribution in [2.75, 3.05) is 0 Å². The van der Waals surface area contributed by atoms with E-state index in [4.69, 9.17) is 4.74 Å². The minimum atomic E-state index is 0.161. The molecule has 6 aromatic rings. The molecule has 0 saturated heterocycles. The Hall–Kier alpha value is -3.98. The summed E-state index contributed by atoms with van der Waals surface area (Å²) in [7, 11) is 0. The van der Waals surface area contributed by atoms with Crippen LogP contribution in [-0.2, 0) is 5.41 Å². The van der Waals surface area contributed by atoms with Crippen LogP contribution in [0.5, 0.6) is 11.5 Å². The van der Waals surface area contributed by atoms with Crippen LogP contribution in [0, 0.1) is 23.2 Å². The Kier molecular flexibility index (Phi) is 3.01. The lowest BCUT2D eigenvalue weighted by Gasteiger charge is -2.91. The Labute approximate surface area is 232 Å². The van der Waals surface area contributed by atoms with Crippen molar-refractivity contribution >= 4 is 55.7 Å². The number of fused-ring (bicyclic) bond motifs is 9. The Bertz CT molecular complexity index is 2180. The summed E-state index contributed by atoms with van der Waals surface area (Å²) in [6, 6.07) is 34.4. The van der Waals surface area contributed by atoms with E-state index in [2.05, 4.69) is 95.6 Å². The van der Waals surface area contributed by atoms with Crippen molar-refractivity contribution < 1.29 is 4.74 Å². The van der Waals surface area contributed by atoms with Gasteiger partial charge in [-0.1, -0.05) is 66.7 Å². The summed E-state index contributed by atoms with van der Waals surface area (Å²) in [4.78, 5) is 0. The third-order valence-corrected chi connectivity index (χ3v) is 12.9. The number of nitrogens with zero attached hydrogens (tertiary/aromatic N) is 1. The fraction of sp³-hybridized carbons (Fsp3) is 0.243. The van der Waals surface area contributed by atoms with E-state index in [1.807, 2.05) is 0 Å². The van der Waals surface area contributed by atoms with Gasteiger partial charge < -0.3 is 9.30 Å². The van der Waals surface area contributed by atoms with Gasteiger partial charge in [0, 0.05) is 27.4 Å². The second-order valence-corrected chi connectivity index (χ2v) is 13.7. The van der Waals surface area contributed by atoms with Crippen LogP contribution in [0.4, 0.5) is 0 Å². The van der Waals surface area contributed by atoms with Gasteiger partial charge in [-0.25, -0.2) is 0 Å². The molecule has 0 bridgehead atoms. The molecular formula is C37H26BNO. The Morgan fingerprint density at radius 1 is 0.700 bits per heavy atom. The largest absolute Gasteiger partial charge is 0.458 e. The van der Waals surface area contributed by atoms with E-state index >= 15 is 0 Å². The number of benzene rings is 5. The highest BCUT2D eigenvalue weighted by atomic mass is 16.5. The molecule has 2 aliphatic heterocycles. The maximum absolute atomic E-state index is 7.00. The SMILES string of the molecule is c1ccc2c3c(ccc2c1)Oc1cc(C24CC5CC6CC(C2)C654)cc2c1B3c1cccc3c4ccccc4n-2c13. The average molecular weight is 511 g/mol. The number of aromatic nitrogens is 1. The van der Waals surface area contributed by atoms with Crippen LogP contribution in [0.15, 0.2) is 91.0 Å². The topological polar surface area (TPSA) is 14.2 Å². The molecule has 0 amide bonds. The van der Waals surface area contributed by atoms with Gasteiger partial charge >= 0.3 is 0 Å². The first-order valence-corrected chi connectivity index (χ1v) is 15.2. The molecule has 0 radical (unpaired) electrons. The molecular weight excluding hydrogens is 485 g/mol. The van der Waals surface area contributed by atoms with E-state index < -0.39 is 0 Å². The molecule has 4 saturated carbocycles. The zero-order valence-corrected chi connectivity index (χ0v) is 22.2. The van der Waals surface area contributed by atoms with Crippen LogP contribution in [-0.4, -0.2) is 11.3 Å². The minimum absolute atomic E-state index is 0.161. The molecule has 1 spiro atoms. The molecule has 12 rings (SSSR count). The maximum atomic E-state index is 7.00. The maximum Gasteiger partial charge on any atom is 0.257 e. The van der Waals surface area contributed by atoms with Gasteiger partial charge in [0.1, 0.15) is 11.5 Å². The zero-order valence-electron chi connectivity index (χ0n) is 22.2. The van der Waals surface area contributed by atoms with Crippen LogP contribution < -0.4 is 21.1 Å². The fourth-order valence-corrected chi connectivity index (χ4v) is 11.6. The normalized spacial score (nSPS) is 30.7. The quantitative estimate of drug-likeness (QED) is 0.228. The molecule has 3 heterocycles. The molecule has 1 aromatic heterocycles. The van der Waals surface area contributed by atoms with Gasteiger partial charge in [-0.15, -0.1) is 0 Å². The van der Waals surface area contributed by atoms with Crippen LogP contribution in [0.1, 0.15) is 31.2 Å². The Morgan fingerprint density at radius 2 is 1.50 bits per heavy atom. The number of para-hydroxylation sites is 2. The van der Waals surface area contributed by atoms with Crippen LogP contribution in [0.3, 0.4) is 0 Å². The summed E-state index contributed by atoms with van der Waals surface area (Å²) in [6.45, 7) is 0.161. The standard InChI is InChI=1S/C37H26BNO/c1-2-7-25-20(6-1)12-13-31-33(25)38-28-10-5-9-27-26-8-3-4-11-29(26)39(35(27)28)30-16-21(17-32(40-31)34(30)38)36-18-23-14-22-15-24(19-36)37(22,23)36/h1-13,16-17,22-24H,14-15,18-19H2. The van der Waals surface area contributed by atoms with Gasteiger partial charge in [-0.2, -0.15) is 0 Å². The van der Waals surface area contributed by atoms with Crippen LogP contribution in [0.25, 0.3) is 38.3 Å². The summed E-state index contributed by atoms with van der Waals surface area (Å²) >= 11 is 0. The van der Waals surface area contributed by atoms with Crippen molar-refractivity contribution in [2.45, 2.75) is 31.1 Å². The number of hydrogen-bond donors (Lipinski definition) is 0. The fourth-order valence-electron chi connectivity index (χ4n) is 11.6. The van der Waals surface area contributed by atoms with Crippen molar-refractivity contribution in [1.29, 1.82) is 0 Å². The van der Waals surface area contributed by atoms with E-state index in [1.165, 1.54) is 80.3 Å². The van der Waals surface area contributed by atoms with E-state index in [0.29, 0.717) is 10.8 Å². The highest BCUT2D eigenvalue weighted by Gasteiger charge is 2.87. The molecule has 40 heavy (non-hydrogen) atoms. The van der Waals surface area contributed by atoms with Gasteiger partial charge in [0.2, 0.25) is 0 Å². The Balaban J connectivity index is 1.24. The summed E-state index contributed by atoms with van der Waals surface area (Å²) in [5, 5.41) is 5.30. The van der Waals surface area contributed by atoms with Crippen molar-refractivity contribution in [2.24, 2.45) is 23.2 Å². The smallest absolute Gasteiger partial charge is 0.257 e. The van der Waals surface area contributed by atoms with Crippen molar-refractivity contribution in [3.05, 3.63) is 96.6 Å². The van der Waals surface area contributed by atoms with Crippen molar-refractivity contribution in [3.63, 3.8) is 0 Å². The predicted molar refractivity (Wildman–Crippen MR) is 163 cm³/mol. The van der Waals surface area contributed by atoms with Gasteiger partial charge in [0.25, 0.3) is 6.71 Å². The van der Waals surface area contributed by atoms with E-state index in [-0.39, 0.29) is 6.71 Å². The molecule has 188 valence electrons. The molecule has 5 aromatic carbocycles. The third kappa shape index (κ3) is 1.79. The van der Waals surface area contributed by atoms with Gasteiger partial charge in [0.15, 0.2) is 0 Å². The van der Waals surface area contributed by atoms with E-state index in [1.54, 1.807) is 5.56 Å². The molecule has 2 unspecified atom stereocenters. The van der Waals surface area contributed by atoms with Gasteiger partial charge in [-0.05, 0) is 106 Å². The second kappa shape index (κ2) is 6.03. The first-order valence-electron chi connectivity index (χ1n) is 15.2. The molecule has 2 atom stereocenters. The minimum Gasteiger partial charge on any atom is -0.458 e. The number of rotatable bonds is 1. The third-order valence-electron chi connectivity index (χ3n) is 12.9. The molecule has 4 aliphatic carbocycles. The average Bonchev–Trinajstić information content (AvgIpc) is 3.29. The number of hydrogen-bond acceptors (Lipinski definition) is 1. The lowest BCUT2D eigenvalue weighted by Crippen LogP contribution is -2.87. The molecule has 3 heteroatoms. The van der Waals surface area contributed by atoms with E-state index in [9.17, 15) is 0 Å². The lowest BCUT2D eigenvalue weighted by atomic mass is 9.12. The lowest BCUT2D eigenvalue weighted by molar-refractivity contribution is -0.395. The second-order valence-electron chi connectivity index (χ2n) is 13.7. The zero-order chi connectivity index (χ0) is 25.5.